The second-order valence-corrected chi connectivity index (χ2v) is 10.9. The standard InChI is InChI=1S/C23H27N3O2.C12H14N2.2HI.Na/c1-17-13-18(2)22(19(3)14-17)26-11-10-25(16-26)15-20-5-7-21(8-6-20)23(27)24-9-12-28-4;1-9-6-10(2)12(11(3)7-9)14-5-4-13-8-14;;;/h5-8,10-11,13-14,16H,9,12,15H2,1-4H3;4-8H,1-3H3;2*1H;/q;;;;+1/p-1. The molecule has 5 aromatic rings. The van der Waals surface area contributed by atoms with Gasteiger partial charge in [0, 0.05) is 31.6 Å². The Kier molecular flexibility index (Phi) is 17.8. The van der Waals surface area contributed by atoms with E-state index in [4.69, 9.17) is 4.74 Å². The van der Waals surface area contributed by atoms with Crippen molar-refractivity contribution in [3.8, 4) is 11.4 Å². The maximum atomic E-state index is 12.1. The summed E-state index contributed by atoms with van der Waals surface area (Å²) in [7, 11) is 1.62. The normalized spacial score (nSPS) is 10.0. The fourth-order valence-electron chi connectivity index (χ4n) is 5.51. The number of methoxy groups -OCH3 is 1. The molecule has 0 fully saturated rings. The van der Waals surface area contributed by atoms with Crippen molar-refractivity contribution in [2.75, 3.05) is 20.3 Å². The summed E-state index contributed by atoms with van der Waals surface area (Å²) in [5.74, 6) is -0.0762. The Morgan fingerprint density at radius 3 is 1.84 bits per heavy atom. The Morgan fingerprint density at radius 2 is 1.36 bits per heavy atom. The third-order valence-electron chi connectivity index (χ3n) is 7.16. The Morgan fingerprint density at radius 1 is 0.822 bits per heavy atom. The minimum absolute atomic E-state index is 0. The number of carbonyl (C=O) groups is 1. The summed E-state index contributed by atoms with van der Waals surface area (Å²) < 4.78 is 11.3. The minimum atomic E-state index is -0.0762. The van der Waals surface area contributed by atoms with Crippen LogP contribution in [0.3, 0.4) is 0 Å². The third-order valence-corrected chi connectivity index (χ3v) is 7.16. The van der Waals surface area contributed by atoms with Gasteiger partial charge in [-0.3, -0.25) is 4.79 Å². The summed E-state index contributed by atoms with van der Waals surface area (Å²) >= 11 is 0. The van der Waals surface area contributed by atoms with E-state index < -0.39 is 0 Å². The molecule has 0 aliphatic heterocycles. The van der Waals surface area contributed by atoms with E-state index in [1.54, 1.807) is 13.3 Å². The number of hydrogen-bond acceptors (Lipinski definition) is 3. The Hall–Kier alpha value is -2.03. The quantitative estimate of drug-likeness (QED) is 0.0782. The monoisotopic (exact) mass is 841 g/mol. The number of aromatic nitrogens is 4. The van der Waals surface area contributed by atoms with E-state index in [2.05, 4.69) is 109 Å². The van der Waals surface area contributed by atoms with E-state index in [0.29, 0.717) is 18.7 Å². The van der Waals surface area contributed by atoms with Crippen molar-refractivity contribution in [2.45, 2.75) is 48.1 Å². The number of nitrogens with one attached hydrogen (secondary N) is 1. The first-order valence-electron chi connectivity index (χ1n) is 14.2. The fourth-order valence-corrected chi connectivity index (χ4v) is 5.51. The van der Waals surface area contributed by atoms with Gasteiger partial charge in [-0.05, 0) is 81.5 Å². The third kappa shape index (κ3) is 11.3. The summed E-state index contributed by atoms with van der Waals surface area (Å²) in [6, 6.07) is 16.5. The van der Waals surface area contributed by atoms with E-state index in [1.165, 1.54) is 44.8 Å². The zero-order valence-corrected chi connectivity index (χ0v) is 33.9. The summed E-state index contributed by atoms with van der Waals surface area (Å²) in [6.45, 7) is 14.6. The van der Waals surface area contributed by atoms with Crippen LogP contribution in [0.5, 0.6) is 0 Å². The first kappa shape index (κ1) is 41.0. The molecule has 0 saturated heterocycles. The molecule has 0 atom stereocenters. The van der Waals surface area contributed by atoms with Crippen molar-refractivity contribution in [2.24, 2.45) is 0 Å². The van der Waals surface area contributed by atoms with Crippen LogP contribution in [0, 0.1) is 41.5 Å². The number of rotatable bonds is 8. The molecule has 0 aliphatic rings. The molecule has 1 amide bonds. The van der Waals surface area contributed by atoms with E-state index >= 15 is 0 Å². The molecule has 10 heteroatoms. The van der Waals surface area contributed by atoms with Gasteiger partial charge >= 0.3 is 29.6 Å². The molecule has 45 heavy (non-hydrogen) atoms. The number of amides is 1. The van der Waals surface area contributed by atoms with Gasteiger partial charge < -0.3 is 62.6 Å². The molecular weight excluding hydrogens is 799 g/mol. The zero-order chi connectivity index (χ0) is 30.2. The number of imidazole rings is 2. The average molecular weight is 842 g/mol. The van der Waals surface area contributed by atoms with Crippen molar-refractivity contribution < 1.29 is 91.6 Å². The van der Waals surface area contributed by atoms with Crippen LogP contribution in [-0.4, -0.2) is 40.3 Å². The molecule has 7 nitrogen and oxygen atoms in total. The number of ether oxygens (including phenoxy) is 1. The van der Waals surface area contributed by atoms with Gasteiger partial charge in [-0.25, -0.2) is 14.1 Å². The van der Waals surface area contributed by atoms with E-state index in [0.717, 1.165) is 12.1 Å². The number of benzene rings is 3. The van der Waals surface area contributed by atoms with Crippen molar-refractivity contribution in [3.05, 3.63) is 130 Å². The van der Waals surface area contributed by atoms with Gasteiger partial charge in [-0.2, -0.15) is 0 Å². The first-order chi connectivity index (χ1) is 20.2. The van der Waals surface area contributed by atoms with Crippen LogP contribution in [0.2, 0.25) is 0 Å². The maximum absolute atomic E-state index is 12.1. The number of halogens is 2. The van der Waals surface area contributed by atoms with Crippen LogP contribution in [0.4, 0.5) is 0 Å². The predicted octanol–water partition coefficient (Wildman–Crippen LogP) is -3.08. The van der Waals surface area contributed by atoms with Crippen molar-refractivity contribution >= 4 is 5.91 Å². The number of carbonyl (C=O) groups excluding carboxylic acids is 1. The largest absolute Gasteiger partial charge is 1.00 e. The van der Waals surface area contributed by atoms with Gasteiger partial charge in [0.25, 0.3) is 5.91 Å². The molecule has 2 aromatic heterocycles. The Bertz CT molecular complexity index is 1610. The molecule has 0 spiro atoms. The molecule has 1 N–H and O–H groups in total. The number of hydrogen-bond donors (Lipinski definition) is 1. The minimum Gasteiger partial charge on any atom is -1.00 e. The summed E-state index contributed by atoms with van der Waals surface area (Å²) in [5, 5.41) is 2.83. The van der Waals surface area contributed by atoms with Crippen LogP contribution in [-0.2, 0) is 11.3 Å². The first-order valence-corrected chi connectivity index (χ1v) is 14.2. The molecular formula is C35H42I2N5NaO2. The Balaban J connectivity index is 0.000000506. The zero-order valence-electron chi connectivity index (χ0n) is 27.6. The van der Waals surface area contributed by atoms with Gasteiger partial charge in [0.15, 0.2) is 0 Å². The average Bonchev–Trinajstić information content (AvgIpc) is 3.61. The van der Waals surface area contributed by atoms with Gasteiger partial charge in [0.2, 0.25) is 6.33 Å². The molecule has 2 heterocycles. The van der Waals surface area contributed by atoms with Crippen LogP contribution in [0.15, 0.2) is 86.0 Å². The molecule has 0 saturated carbocycles. The molecule has 3 aromatic carbocycles. The van der Waals surface area contributed by atoms with Crippen LogP contribution >= 0.6 is 0 Å². The second kappa shape index (κ2) is 19.6. The van der Waals surface area contributed by atoms with Gasteiger partial charge in [0.1, 0.15) is 24.6 Å². The van der Waals surface area contributed by atoms with Crippen LogP contribution in [0.25, 0.3) is 11.4 Å². The van der Waals surface area contributed by atoms with Crippen molar-refractivity contribution in [1.82, 2.24) is 19.4 Å². The van der Waals surface area contributed by atoms with E-state index in [1.807, 2.05) is 36.8 Å². The predicted molar refractivity (Wildman–Crippen MR) is 168 cm³/mol. The van der Waals surface area contributed by atoms with Crippen molar-refractivity contribution in [1.29, 1.82) is 0 Å². The summed E-state index contributed by atoms with van der Waals surface area (Å²) in [5.41, 5.74) is 12.0. The number of nitrogens with zero attached hydrogens (tertiary/aromatic N) is 4. The maximum Gasteiger partial charge on any atom is 1.00 e. The van der Waals surface area contributed by atoms with Gasteiger partial charge in [-0.15, -0.1) is 0 Å². The molecule has 0 bridgehead atoms. The van der Waals surface area contributed by atoms with Crippen molar-refractivity contribution in [3.63, 3.8) is 0 Å². The van der Waals surface area contributed by atoms with Gasteiger partial charge in [-0.1, -0.05) is 47.5 Å². The molecule has 234 valence electrons. The van der Waals surface area contributed by atoms with E-state index in [-0.39, 0.29) is 83.4 Å². The molecule has 0 unspecified atom stereocenters. The molecule has 0 radical (unpaired) electrons. The second-order valence-electron chi connectivity index (χ2n) is 10.9. The topological polar surface area (TPSA) is 65.0 Å². The smallest absolute Gasteiger partial charge is 1.00 e. The number of aryl methyl sites for hydroxylation is 6. The van der Waals surface area contributed by atoms with Gasteiger partial charge in [0.05, 0.1) is 18.6 Å². The summed E-state index contributed by atoms with van der Waals surface area (Å²) in [6.07, 6.45) is 11.9. The summed E-state index contributed by atoms with van der Waals surface area (Å²) in [4.78, 5) is 16.1. The SMILES string of the molecule is COCCNC(=O)c1ccc(C[n+]2ccn(-c3c(C)cc(C)cc3C)c2)cc1.Cc1cc(C)c(-n2ccnc2)c(C)c1.[I-].[I-].[Na+]. The Labute approximate surface area is 324 Å². The molecule has 5 rings (SSSR count). The van der Waals surface area contributed by atoms with Crippen LogP contribution < -0.4 is 87.4 Å². The molecule has 0 aliphatic carbocycles. The van der Waals surface area contributed by atoms with Crippen LogP contribution in [0.1, 0.15) is 49.3 Å². The van der Waals surface area contributed by atoms with E-state index in [9.17, 15) is 4.79 Å². The fraction of sp³-hybridized carbons (Fsp3) is 0.286.